The highest BCUT2D eigenvalue weighted by molar-refractivity contribution is 5.18. The number of allylic oxidation sites excluding steroid dienone is 1. The third-order valence-corrected chi connectivity index (χ3v) is 3.08. The molecule has 0 amide bonds. The summed E-state index contributed by atoms with van der Waals surface area (Å²) in [6, 6.07) is 20.3. The first-order valence-corrected chi connectivity index (χ1v) is 7.24. The van der Waals surface area contributed by atoms with Gasteiger partial charge in [0.1, 0.15) is 6.10 Å². The van der Waals surface area contributed by atoms with Gasteiger partial charge in [-0.3, -0.25) is 0 Å². The maximum Gasteiger partial charge on any atom is 0.119 e. The molecule has 2 rings (SSSR count). The highest BCUT2D eigenvalue weighted by Crippen LogP contribution is 2.10. The fraction of sp³-hybridized carbons (Fsp3) is 0.263. The van der Waals surface area contributed by atoms with Gasteiger partial charge in [0.2, 0.25) is 0 Å². The van der Waals surface area contributed by atoms with Gasteiger partial charge in [0.05, 0.1) is 19.0 Å². The van der Waals surface area contributed by atoms with Crippen molar-refractivity contribution >= 4 is 0 Å². The third kappa shape index (κ3) is 5.84. The Labute approximate surface area is 127 Å². The Balaban J connectivity index is 1.67. The number of benzene rings is 2. The molecule has 0 saturated carbocycles. The minimum atomic E-state index is 0.00456. The molecule has 0 aliphatic heterocycles. The molecule has 1 atom stereocenters. The van der Waals surface area contributed by atoms with E-state index in [4.69, 9.17) is 9.47 Å². The van der Waals surface area contributed by atoms with E-state index >= 15 is 0 Å². The largest absolute Gasteiger partial charge is 0.493 e. The SMILES string of the molecule is C=C(Cc1ccccc1)OC(C)COCc1ccccc1. The Morgan fingerprint density at radius 1 is 0.952 bits per heavy atom. The molecule has 21 heavy (non-hydrogen) atoms. The van der Waals surface area contributed by atoms with E-state index in [-0.39, 0.29) is 6.10 Å². The summed E-state index contributed by atoms with van der Waals surface area (Å²) < 4.78 is 11.4. The Morgan fingerprint density at radius 2 is 1.52 bits per heavy atom. The van der Waals surface area contributed by atoms with E-state index in [1.54, 1.807) is 0 Å². The van der Waals surface area contributed by atoms with Crippen LogP contribution in [0, 0.1) is 0 Å². The zero-order valence-electron chi connectivity index (χ0n) is 12.5. The van der Waals surface area contributed by atoms with Crippen LogP contribution in [0.4, 0.5) is 0 Å². The quantitative estimate of drug-likeness (QED) is 0.670. The normalized spacial score (nSPS) is 11.9. The second-order valence-electron chi connectivity index (χ2n) is 5.13. The van der Waals surface area contributed by atoms with Gasteiger partial charge >= 0.3 is 0 Å². The Hall–Kier alpha value is -2.06. The number of ether oxygens (including phenoxy) is 2. The van der Waals surface area contributed by atoms with Gasteiger partial charge < -0.3 is 9.47 Å². The molecule has 2 aromatic rings. The van der Waals surface area contributed by atoms with Crippen LogP contribution >= 0.6 is 0 Å². The van der Waals surface area contributed by atoms with Gasteiger partial charge in [-0.25, -0.2) is 0 Å². The Bertz CT molecular complexity index is 534. The van der Waals surface area contributed by atoms with Crippen molar-refractivity contribution in [3.63, 3.8) is 0 Å². The molecule has 0 N–H and O–H groups in total. The zero-order valence-corrected chi connectivity index (χ0v) is 12.5. The van der Waals surface area contributed by atoms with Gasteiger partial charge in [-0.2, -0.15) is 0 Å². The van der Waals surface area contributed by atoms with E-state index in [1.807, 2.05) is 43.3 Å². The lowest BCUT2D eigenvalue weighted by Gasteiger charge is -2.17. The van der Waals surface area contributed by atoms with Crippen LogP contribution in [0.3, 0.4) is 0 Å². The first-order chi connectivity index (χ1) is 10.2. The van der Waals surface area contributed by atoms with Crippen molar-refractivity contribution in [3.05, 3.63) is 84.1 Å². The predicted octanol–water partition coefficient (Wildman–Crippen LogP) is 4.36. The van der Waals surface area contributed by atoms with Crippen LogP contribution < -0.4 is 0 Å². The van der Waals surface area contributed by atoms with Crippen LogP contribution in [0.1, 0.15) is 18.1 Å². The van der Waals surface area contributed by atoms with Crippen molar-refractivity contribution < 1.29 is 9.47 Å². The molecular formula is C19H22O2. The lowest BCUT2D eigenvalue weighted by Crippen LogP contribution is -2.16. The fourth-order valence-electron chi connectivity index (χ4n) is 2.10. The number of rotatable bonds is 8. The second-order valence-corrected chi connectivity index (χ2v) is 5.13. The topological polar surface area (TPSA) is 18.5 Å². The van der Waals surface area contributed by atoms with E-state index in [2.05, 4.69) is 30.8 Å². The van der Waals surface area contributed by atoms with Crippen LogP contribution in [0.2, 0.25) is 0 Å². The number of hydrogen-bond acceptors (Lipinski definition) is 2. The molecule has 2 heteroatoms. The van der Waals surface area contributed by atoms with Gasteiger partial charge in [0, 0.05) is 6.42 Å². The molecule has 0 aliphatic rings. The van der Waals surface area contributed by atoms with Crippen LogP contribution in [-0.2, 0) is 22.5 Å². The highest BCUT2D eigenvalue weighted by Gasteiger charge is 2.06. The first-order valence-electron chi connectivity index (χ1n) is 7.24. The van der Waals surface area contributed by atoms with Crippen molar-refractivity contribution in [2.45, 2.75) is 26.1 Å². The standard InChI is InChI=1S/C19H22O2/c1-16(13-18-9-5-3-6-10-18)21-17(2)14-20-15-19-11-7-4-8-12-19/h3-12,17H,1,13-15H2,2H3. The molecule has 0 saturated heterocycles. The van der Waals surface area contributed by atoms with Crippen LogP contribution in [-0.4, -0.2) is 12.7 Å². The van der Waals surface area contributed by atoms with Gasteiger partial charge in [-0.1, -0.05) is 67.2 Å². The van der Waals surface area contributed by atoms with Gasteiger partial charge in [-0.05, 0) is 18.1 Å². The van der Waals surface area contributed by atoms with E-state index in [9.17, 15) is 0 Å². The Kier molecular flexibility index (Phi) is 6.04. The van der Waals surface area contributed by atoms with Gasteiger partial charge in [0.15, 0.2) is 0 Å². The van der Waals surface area contributed by atoms with Crippen molar-refractivity contribution in [2.75, 3.05) is 6.61 Å². The van der Waals surface area contributed by atoms with E-state index in [1.165, 1.54) is 11.1 Å². The first kappa shape index (κ1) is 15.3. The van der Waals surface area contributed by atoms with Crippen molar-refractivity contribution in [3.8, 4) is 0 Å². The summed E-state index contributed by atoms with van der Waals surface area (Å²) in [5, 5.41) is 0. The minimum Gasteiger partial charge on any atom is -0.493 e. The molecule has 0 spiro atoms. The van der Waals surface area contributed by atoms with Crippen molar-refractivity contribution in [1.82, 2.24) is 0 Å². The lowest BCUT2D eigenvalue weighted by molar-refractivity contribution is 0.0171. The summed E-state index contributed by atoms with van der Waals surface area (Å²) in [5.74, 6) is 0.775. The summed E-state index contributed by atoms with van der Waals surface area (Å²) >= 11 is 0. The van der Waals surface area contributed by atoms with Crippen LogP contribution in [0.5, 0.6) is 0 Å². The molecule has 2 nitrogen and oxygen atoms in total. The average molecular weight is 282 g/mol. The van der Waals surface area contributed by atoms with Gasteiger partial charge in [0.25, 0.3) is 0 Å². The monoisotopic (exact) mass is 282 g/mol. The number of hydrogen-bond donors (Lipinski definition) is 0. The summed E-state index contributed by atoms with van der Waals surface area (Å²) in [7, 11) is 0. The van der Waals surface area contributed by atoms with E-state index in [0.717, 1.165) is 12.2 Å². The summed E-state index contributed by atoms with van der Waals surface area (Å²) in [6.45, 7) is 7.15. The molecule has 0 bridgehead atoms. The molecule has 0 aromatic heterocycles. The molecule has 110 valence electrons. The van der Waals surface area contributed by atoms with Gasteiger partial charge in [-0.15, -0.1) is 0 Å². The average Bonchev–Trinajstić information content (AvgIpc) is 2.49. The highest BCUT2D eigenvalue weighted by atomic mass is 16.5. The minimum absolute atomic E-state index is 0.00456. The predicted molar refractivity (Wildman–Crippen MR) is 85.9 cm³/mol. The summed E-state index contributed by atoms with van der Waals surface area (Å²) in [6.07, 6.45) is 0.745. The molecule has 2 aromatic carbocycles. The van der Waals surface area contributed by atoms with Crippen LogP contribution in [0.25, 0.3) is 0 Å². The fourth-order valence-corrected chi connectivity index (χ4v) is 2.10. The molecule has 0 aliphatic carbocycles. The molecule has 0 heterocycles. The maximum absolute atomic E-state index is 5.77. The van der Waals surface area contributed by atoms with Crippen LogP contribution in [0.15, 0.2) is 73.0 Å². The summed E-state index contributed by atoms with van der Waals surface area (Å²) in [4.78, 5) is 0. The summed E-state index contributed by atoms with van der Waals surface area (Å²) in [5.41, 5.74) is 2.38. The van der Waals surface area contributed by atoms with Crippen molar-refractivity contribution in [1.29, 1.82) is 0 Å². The molecular weight excluding hydrogens is 260 g/mol. The maximum atomic E-state index is 5.77. The van der Waals surface area contributed by atoms with E-state index < -0.39 is 0 Å². The Morgan fingerprint density at radius 3 is 2.14 bits per heavy atom. The molecule has 1 unspecified atom stereocenters. The zero-order chi connectivity index (χ0) is 14.9. The van der Waals surface area contributed by atoms with E-state index in [0.29, 0.717) is 13.2 Å². The second kappa shape index (κ2) is 8.28. The molecule has 0 radical (unpaired) electrons. The molecule has 0 fully saturated rings. The smallest absolute Gasteiger partial charge is 0.119 e. The third-order valence-electron chi connectivity index (χ3n) is 3.08. The lowest BCUT2D eigenvalue weighted by atomic mass is 10.1. The van der Waals surface area contributed by atoms with Crippen molar-refractivity contribution in [2.24, 2.45) is 0 Å².